The molecule has 3 N–H and O–H groups in total. The molecule has 6 nitrogen and oxygen atoms in total. The number of rotatable bonds is 2. The third kappa shape index (κ3) is 2.31. The highest BCUT2D eigenvalue weighted by Gasteiger charge is 2.48. The maximum atomic E-state index is 11.5. The number of aromatic nitrogens is 1. The molecular weight excluding hydrogens is 280 g/mol. The first-order chi connectivity index (χ1) is 10.7. The van der Waals surface area contributed by atoms with Crippen molar-refractivity contribution < 1.29 is 10.0 Å². The largest absolute Gasteiger partial charge is 0.311 e. The first kappa shape index (κ1) is 14.1. The van der Waals surface area contributed by atoms with Crippen molar-refractivity contribution in [3.8, 4) is 0 Å². The molecule has 1 amide bonds. The van der Waals surface area contributed by atoms with Crippen molar-refractivity contribution >= 4 is 5.91 Å². The second-order valence-electron chi connectivity index (χ2n) is 6.86. The summed E-state index contributed by atoms with van der Waals surface area (Å²) in [7, 11) is 0. The summed E-state index contributed by atoms with van der Waals surface area (Å²) in [5, 5.41) is 12.4. The summed E-state index contributed by atoms with van der Waals surface area (Å²) in [4.78, 5) is 18.4. The summed E-state index contributed by atoms with van der Waals surface area (Å²) < 4.78 is 0. The van der Waals surface area contributed by atoms with Gasteiger partial charge < -0.3 is 5.32 Å². The van der Waals surface area contributed by atoms with Gasteiger partial charge in [-0.1, -0.05) is 0 Å². The SMILES string of the molecule is O=C(NO)c1cnc2c(c1)CCN([C@H]1C[C@@]3(CCCN3)C1)C2. The predicted octanol–water partition coefficient (Wildman–Crippen LogP) is 0.843. The lowest BCUT2D eigenvalue weighted by atomic mass is 9.70. The van der Waals surface area contributed by atoms with E-state index in [9.17, 15) is 4.79 Å². The Kier molecular flexibility index (Phi) is 3.40. The van der Waals surface area contributed by atoms with Crippen LogP contribution < -0.4 is 10.8 Å². The number of hydrogen-bond donors (Lipinski definition) is 3. The van der Waals surface area contributed by atoms with Gasteiger partial charge in [-0.15, -0.1) is 0 Å². The fourth-order valence-electron chi connectivity index (χ4n) is 4.25. The van der Waals surface area contributed by atoms with E-state index in [2.05, 4.69) is 15.2 Å². The van der Waals surface area contributed by atoms with Crippen molar-refractivity contribution in [1.82, 2.24) is 20.7 Å². The molecule has 3 heterocycles. The number of fused-ring (bicyclic) bond motifs is 1. The average molecular weight is 302 g/mol. The highest BCUT2D eigenvalue weighted by Crippen LogP contribution is 2.42. The highest BCUT2D eigenvalue weighted by atomic mass is 16.5. The van der Waals surface area contributed by atoms with Crippen molar-refractivity contribution in [2.75, 3.05) is 13.1 Å². The Bertz CT molecular complexity index is 590. The Hall–Kier alpha value is -1.50. The summed E-state index contributed by atoms with van der Waals surface area (Å²) in [6, 6.07) is 2.52. The van der Waals surface area contributed by atoms with Gasteiger partial charge in [0, 0.05) is 30.9 Å². The van der Waals surface area contributed by atoms with Crippen LogP contribution in [0, 0.1) is 0 Å². The molecule has 6 heteroatoms. The molecule has 1 spiro atoms. The van der Waals surface area contributed by atoms with Crippen LogP contribution in [-0.4, -0.2) is 45.7 Å². The fourth-order valence-corrected chi connectivity index (χ4v) is 4.25. The Morgan fingerprint density at radius 1 is 1.50 bits per heavy atom. The van der Waals surface area contributed by atoms with Crippen LogP contribution in [0.25, 0.3) is 0 Å². The minimum atomic E-state index is -0.494. The van der Waals surface area contributed by atoms with Crippen LogP contribution >= 0.6 is 0 Å². The van der Waals surface area contributed by atoms with Crippen LogP contribution in [-0.2, 0) is 13.0 Å². The highest BCUT2D eigenvalue weighted by molar-refractivity contribution is 5.93. The van der Waals surface area contributed by atoms with Gasteiger partial charge in [-0.05, 0) is 50.3 Å². The Morgan fingerprint density at radius 3 is 3.09 bits per heavy atom. The third-order valence-corrected chi connectivity index (χ3v) is 5.55. The molecule has 3 aliphatic rings. The van der Waals surface area contributed by atoms with Gasteiger partial charge in [0.2, 0.25) is 0 Å². The van der Waals surface area contributed by atoms with Crippen molar-refractivity contribution in [1.29, 1.82) is 0 Å². The Balaban J connectivity index is 1.43. The minimum Gasteiger partial charge on any atom is -0.311 e. The topological polar surface area (TPSA) is 77.5 Å². The molecule has 2 aliphatic heterocycles. The first-order valence-corrected chi connectivity index (χ1v) is 8.10. The summed E-state index contributed by atoms with van der Waals surface area (Å²) >= 11 is 0. The zero-order valence-corrected chi connectivity index (χ0v) is 12.6. The second kappa shape index (κ2) is 5.30. The van der Waals surface area contributed by atoms with E-state index in [1.807, 2.05) is 6.07 Å². The Morgan fingerprint density at radius 2 is 2.36 bits per heavy atom. The van der Waals surface area contributed by atoms with Crippen LogP contribution in [0.2, 0.25) is 0 Å². The van der Waals surface area contributed by atoms with Crippen LogP contribution in [0.4, 0.5) is 0 Å². The van der Waals surface area contributed by atoms with Crippen molar-refractivity contribution in [3.05, 3.63) is 29.1 Å². The van der Waals surface area contributed by atoms with E-state index in [0.717, 1.165) is 30.8 Å². The van der Waals surface area contributed by atoms with E-state index in [-0.39, 0.29) is 0 Å². The molecule has 4 rings (SSSR count). The van der Waals surface area contributed by atoms with Gasteiger partial charge in [0.25, 0.3) is 5.91 Å². The molecular formula is C16H22N4O2. The molecule has 0 unspecified atom stereocenters. The molecule has 22 heavy (non-hydrogen) atoms. The van der Waals surface area contributed by atoms with E-state index >= 15 is 0 Å². The third-order valence-electron chi connectivity index (χ3n) is 5.55. The number of nitrogens with one attached hydrogen (secondary N) is 2. The molecule has 1 aliphatic carbocycles. The number of nitrogens with zero attached hydrogens (tertiary/aromatic N) is 2. The minimum absolute atomic E-state index is 0.424. The average Bonchev–Trinajstić information content (AvgIpc) is 3.01. The van der Waals surface area contributed by atoms with Crippen molar-refractivity contribution in [2.45, 2.75) is 50.2 Å². The van der Waals surface area contributed by atoms with E-state index in [4.69, 9.17) is 5.21 Å². The van der Waals surface area contributed by atoms with E-state index < -0.39 is 5.91 Å². The summed E-state index contributed by atoms with van der Waals surface area (Å²) in [6.45, 7) is 3.07. The van der Waals surface area contributed by atoms with Gasteiger partial charge in [0.1, 0.15) is 0 Å². The molecule has 118 valence electrons. The molecule has 2 fully saturated rings. The van der Waals surface area contributed by atoms with Gasteiger partial charge in [-0.25, -0.2) is 5.48 Å². The van der Waals surface area contributed by atoms with E-state index in [0.29, 0.717) is 17.1 Å². The lowest BCUT2D eigenvalue weighted by molar-refractivity contribution is 0.0356. The molecule has 0 bridgehead atoms. The van der Waals surface area contributed by atoms with Gasteiger partial charge >= 0.3 is 0 Å². The predicted molar refractivity (Wildman–Crippen MR) is 80.6 cm³/mol. The fraction of sp³-hybridized carbons (Fsp3) is 0.625. The quantitative estimate of drug-likeness (QED) is 0.557. The second-order valence-corrected chi connectivity index (χ2v) is 6.86. The maximum absolute atomic E-state index is 11.5. The lowest BCUT2D eigenvalue weighted by Crippen LogP contribution is -2.60. The molecule has 0 radical (unpaired) electrons. The number of carbonyl (C=O) groups excluding carboxylic acids is 1. The lowest BCUT2D eigenvalue weighted by Gasteiger charge is -2.51. The molecule has 1 saturated heterocycles. The maximum Gasteiger partial charge on any atom is 0.276 e. The summed E-state index contributed by atoms with van der Waals surface area (Å²) in [5.41, 5.74) is 4.72. The number of amides is 1. The van der Waals surface area contributed by atoms with Gasteiger partial charge in [0.05, 0.1) is 11.3 Å². The normalized spacial score (nSPS) is 30.9. The first-order valence-electron chi connectivity index (χ1n) is 8.10. The summed E-state index contributed by atoms with van der Waals surface area (Å²) in [5.74, 6) is -0.494. The van der Waals surface area contributed by atoms with Gasteiger partial charge in [0.15, 0.2) is 0 Å². The van der Waals surface area contributed by atoms with Gasteiger partial charge in [-0.3, -0.25) is 19.9 Å². The number of carbonyl (C=O) groups is 1. The molecule has 1 saturated carbocycles. The zero-order valence-electron chi connectivity index (χ0n) is 12.6. The smallest absolute Gasteiger partial charge is 0.276 e. The summed E-state index contributed by atoms with van der Waals surface area (Å²) in [6.07, 6.45) is 7.62. The van der Waals surface area contributed by atoms with Crippen LogP contribution in [0.1, 0.15) is 47.3 Å². The number of pyridine rings is 1. The standard InChI is InChI=1S/C16H22N4O2/c21-15(19-22)12-6-11-2-5-20(10-14(11)17-9-12)13-7-16(8-13)3-1-4-18-16/h6,9,13,18,22H,1-5,7-8,10H2,(H,19,21)/t13-,16-. The monoisotopic (exact) mass is 302 g/mol. The molecule has 1 aromatic rings. The molecule has 1 aromatic heterocycles. The van der Waals surface area contributed by atoms with Crippen LogP contribution in [0.3, 0.4) is 0 Å². The Labute approximate surface area is 129 Å². The molecule has 0 atom stereocenters. The van der Waals surface area contributed by atoms with Crippen LogP contribution in [0.5, 0.6) is 0 Å². The van der Waals surface area contributed by atoms with E-state index in [1.54, 1.807) is 11.7 Å². The van der Waals surface area contributed by atoms with Gasteiger partial charge in [-0.2, -0.15) is 0 Å². The van der Waals surface area contributed by atoms with Crippen molar-refractivity contribution in [3.63, 3.8) is 0 Å². The van der Waals surface area contributed by atoms with Crippen LogP contribution in [0.15, 0.2) is 12.3 Å². The zero-order chi connectivity index (χ0) is 15.2. The van der Waals surface area contributed by atoms with Crippen molar-refractivity contribution in [2.24, 2.45) is 0 Å². The molecule has 0 aromatic carbocycles. The number of hydroxylamine groups is 1. The number of hydrogen-bond acceptors (Lipinski definition) is 5. The van der Waals surface area contributed by atoms with E-state index in [1.165, 1.54) is 32.2 Å².